The van der Waals surface area contributed by atoms with Gasteiger partial charge >= 0.3 is 0 Å². The standard InChI is InChI=1S/C11H16N2O2S/c1-9-4-2-6-11(13-9)12-8-10-5-3-7-16(10,14)15/h2,4,6,10H,3,5,7-8H2,1H3,(H,12,13). The van der Waals surface area contributed by atoms with E-state index in [1.54, 1.807) is 0 Å². The number of aryl methyl sites for hydroxylation is 1. The summed E-state index contributed by atoms with van der Waals surface area (Å²) in [5.74, 6) is 1.09. The number of hydrogen-bond acceptors (Lipinski definition) is 4. The number of pyridine rings is 1. The third kappa shape index (κ3) is 2.52. The third-order valence-electron chi connectivity index (χ3n) is 2.86. The highest BCUT2D eigenvalue weighted by Gasteiger charge is 2.30. The van der Waals surface area contributed by atoms with Gasteiger partial charge in [0.25, 0.3) is 0 Å². The van der Waals surface area contributed by atoms with Gasteiger partial charge in [0.2, 0.25) is 0 Å². The Bertz CT molecular complexity index is 471. The van der Waals surface area contributed by atoms with E-state index in [-0.39, 0.29) is 5.25 Å². The molecule has 0 radical (unpaired) electrons. The quantitative estimate of drug-likeness (QED) is 0.867. The molecule has 1 saturated heterocycles. The van der Waals surface area contributed by atoms with E-state index in [2.05, 4.69) is 10.3 Å². The third-order valence-corrected chi connectivity index (χ3v) is 5.14. The topological polar surface area (TPSA) is 59.1 Å². The molecule has 4 nitrogen and oxygen atoms in total. The molecule has 0 aliphatic carbocycles. The molecule has 0 saturated carbocycles. The zero-order chi connectivity index (χ0) is 11.6. The lowest BCUT2D eigenvalue weighted by Gasteiger charge is -2.11. The van der Waals surface area contributed by atoms with Gasteiger partial charge in [-0.05, 0) is 31.9 Å². The van der Waals surface area contributed by atoms with Crippen LogP contribution in [0.5, 0.6) is 0 Å². The number of aromatic nitrogens is 1. The molecule has 1 aromatic rings. The van der Waals surface area contributed by atoms with Crippen LogP contribution in [0.25, 0.3) is 0 Å². The van der Waals surface area contributed by atoms with E-state index in [4.69, 9.17) is 0 Å². The van der Waals surface area contributed by atoms with Gasteiger partial charge in [0.1, 0.15) is 5.82 Å². The van der Waals surface area contributed by atoms with Crippen LogP contribution in [0.3, 0.4) is 0 Å². The Kier molecular flexibility index (Phi) is 3.14. The SMILES string of the molecule is Cc1cccc(NCC2CCCS2(=O)=O)n1. The predicted molar refractivity (Wildman–Crippen MR) is 64.3 cm³/mol. The normalized spacial score (nSPS) is 23.2. The van der Waals surface area contributed by atoms with Crippen LogP contribution in [-0.2, 0) is 9.84 Å². The molecule has 1 unspecified atom stereocenters. The van der Waals surface area contributed by atoms with Gasteiger partial charge in [0.05, 0.1) is 11.0 Å². The molecule has 1 aromatic heterocycles. The van der Waals surface area contributed by atoms with Gasteiger partial charge in [-0.2, -0.15) is 0 Å². The Morgan fingerprint density at radius 3 is 2.94 bits per heavy atom. The van der Waals surface area contributed by atoms with Gasteiger partial charge in [-0.3, -0.25) is 0 Å². The Labute approximate surface area is 96.0 Å². The number of sulfone groups is 1. The van der Waals surface area contributed by atoms with Gasteiger partial charge in [-0.25, -0.2) is 13.4 Å². The van der Waals surface area contributed by atoms with Crippen LogP contribution < -0.4 is 5.32 Å². The van der Waals surface area contributed by atoms with E-state index in [9.17, 15) is 8.42 Å². The first-order valence-electron chi connectivity index (χ1n) is 5.47. The molecule has 1 N–H and O–H groups in total. The van der Waals surface area contributed by atoms with Gasteiger partial charge in [-0.15, -0.1) is 0 Å². The number of anilines is 1. The Hall–Kier alpha value is -1.10. The largest absolute Gasteiger partial charge is 0.369 e. The lowest BCUT2D eigenvalue weighted by molar-refractivity contribution is 0.591. The minimum atomic E-state index is -2.86. The summed E-state index contributed by atoms with van der Waals surface area (Å²) in [5, 5.41) is 2.85. The molecule has 1 aliphatic rings. The van der Waals surface area contributed by atoms with Crippen molar-refractivity contribution in [1.82, 2.24) is 4.98 Å². The van der Waals surface area contributed by atoms with Crippen LogP contribution in [0.15, 0.2) is 18.2 Å². The van der Waals surface area contributed by atoms with E-state index in [0.717, 1.165) is 24.4 Å². The summed E-state index contributed by atoms with van der Waals surface area (Å²) in [6.45, 7) is 2.39. The summed E-state index contributed by atoms with van der Waals surface area (Å²) < 4.78 is 23.2. The molecular formula is C11H16N2O2S. The van der Waals surface area contributed by atoms with E-state index < -0.39 is 9.84 Å². The summed E-state index contributed by atoms with van der Waals surface area (Å²) in [6.07, 6.45) is 1.55. The second-order valence-corrected chi connectivity index (χ2v) is 6.58. The van der Waals surface area contributed by atoms with Crippen molar-refractivity contribution in [2.24, 2.45) is 0 Å². The van der Waals surface area contributed by atoms with Crippen LogP contribution in [0.1, 0.15) is 18.5 Å². The van der Waals surface area contributed by atoms with Crippen molar-refractivity contribution in [3.8, 4) is 0 Å². The maximum absolute atomic E-state index is 11.6. The fourth-order valence-electron chi connectivity index (χ4n) is 1.95. The van der Waals surface area contributed by atoms with Gasteiger partial charge in [-0.1, -0.05) is 6.07 Å². The fraction of sp³-hybridized carbons (Fsp3) is 0.545. The zero-order valence-corrected chi connectivity index (χ0v) is 10.1. The first-order chi connectivity index (χ1) is 7.58. The molecule has 2 heterocycles. The van der Waals surface area contributed by atoms with Crippen LogP contribution in [0.4, 0.5) is 5.82 Å². The minimum Gasteiger partial charge on any atom is -0.369 e. The summed E-state index contributed by atoms with van der Waals surface area (Å²) in [6, 6.07) is 5.68. The Balaban J connectivity index is 1.98. The molecule has 16 heavy (non-hydrogen) atoms. The highest BCUT2D eigenvalue weighted by Crippen LogP contribution is 2.20. The summed E-state index contributed by atoms with van der Waals surface area (Å²) in [7, 11) is -2.86. The van der Waals surface area contributed by atoms with Crippen molar-refractivity contribution < 1.29 is 8.42 Å². The van der Waals surface area contributed by atoms with Crippen molar-refractivity contribution in [3.63, 3.8) is 0 Å². The Morgan fingerprint density at radius 1 is 1.50 bits per heavy atom. The van der Waals surface area contributed by atoms with Crippen molar-refractivity contribution in [2.75, 3.05) is 17.6 Å². The van der Waals surface area contributed by atoms with E-state index in [0.29, 0.717) is 12.3 Å². The van der Waals surface area contributed by atoms with Crippen LogP contribution >= 0.6 is 0 Å². The molecule has 2 rings (SSSR count). The molecule has 0 bridgehead atoms. The fourth-order valence-corrected chi connectivity index (χ4v) is 3.71. The van der Waals surface area contributed by atoms with E-state index in [1.807, 2.05) is 25.1 Å². The maximum Gasteiger partial charge on any atom is 0.154 e. The number of nitrogens with zero attached hydrogens (tertiary/aromatic N) is 1. The molecule has 5 heteroatoms. The molecule has 0 aromatic carbocycles. The molecule has 1 atom stereocenters. The van der Waals surface area contributed by atoms with Gasteiger partial charge in [0, 0.05) is 12.2 Å². The van der Waals surface area contributed by atoms with Crippen LogP contribution in [0.2, 0.25) is 0 Å². The summed E-state index contributed by atoms with van der Waals surface area (Å²) in [5.41, 5.74) is 0.930. The first-order valence-corrected chi connectivity index (χ1v) is 7.18. The van der Waals surface area contributed by atoms with Crippen LogP contribution in [-0.4, -0.2) is 30.9 Å². The lowest BCUT2D eigenvalue weighted by Crippen LogP contribution is -2.25. The second-order valence-electron chi connectivity index (χ2n) is 4.18. The Morgan fingerprint density at radius 2 is 2.31 bits per heavy atom. The first kappa shape index (κ1) is 11.4. The second kappa shape index (κ2) is 4.41. The van der Waals surface area contributed by atoms with Gasteiger partial charge < -0.3 is 5.32 Å². The lowest BCUT2D eigenvalue weighted by atomic mass is 10.2. The molecule has 0 amide bonds. The highest BCUT2D eigenvalue weighted by atomic mass is 32.2. The van der Waals surface area contributed by atoms with E-state index in [1.165, 1.54) is 0 Å². The molecular weight excluding hydrogens is 224 g/mol. The molecule has 1 aliphatic heterocycles. The summed E-state index contributed by atoms with van der Waals surface area (Å²) in [4.78, 5) is 4.28. The number of rotatable bonds is 3. The minimum absolute atomic E-state index is 0.241. The average molecular weight is 240 g/mol. The van der Waals surface area contributed by atoms with Crippen molar-refractivity contribution in [2.45, 2.75) is 25.0 Å². The van der Waals surface area contributed by atoms with Crippen LogP contribution in [0, 0.1) is 6.92 Å². The molecule has 88 valence electrons. The van der Waals surface area contributed by atoms with Crippen molar-refractivity contribution in [3.05, 3.63) is 23.9 Å². The average Bonchev–Trinajstić information content (AvgIpc) is 2.55. The van der Waals surface area contributed by atoms with E-state index >= 15 is 0 Å². The molecule has 0 spiro atoms. The smallest absolute Gasteiger partial charge is 0.154 e. The molecule has 1 fully saturated rings. The van der Waals surface area contributed by atoms with Crippen molar-refractivity contribution in [1.29, 1.82) is 0 Å². The zero-order valence-electron chi connectivity index (χ0n) is 9.31. The monoisotopic (exact) mass is 240 g/mol. The maximum atomic E-state index is 11.6. The predicted octanol–water partition coefficient (Wildman–Crippen LogP) is 1.38. The summed E-state index contributed by atoms with van der Waals surface area (Å²) >= 11 is 0. The van der Waals surface area contributed by atoms with Gasteiger partial charge in [0.15, 0.2) is 9.84 Å². The highest BCUT2D eigenvalue weighted by molar-refractivity contribution is 7.92. The number of hydrogen-bond donors (Lipinski definition) is 1. The van der Waals surface area contributed by atoms with Crippen molar-refractivity contribution >= 4 is 15.7 Å². The number of nitrogens with one attached hydrogen (secondary N) is 1.